The monoisotopic (exact) mass is 222 g/mol. The second-order valence-electron chi connectivity index (χ2n) is 4.97. The average Bonchev–Trinajstić information content (AvgIpc) is 2.16. The molecule has 0 N–H and O–H groups in total. The molecule has 1 atom stereocenters. The van der Waals surface area contributed by atoms with Crippen LogP contribution in [0.5, 0.6) is 0 Å². The van der Waals surface area contributed by atoms with E-state index >= 15 is 0 Å². The van der Waals surface area contributed by atoms with Gasteiger partial charge in [-0.05, 0) is 33.1 Å². The van der Waals surface area contributed by atoms with Crippen molar-refractivity contribution in [2.75, 3.05) is 0 Å². The lowest BCUT2D eigenvalue weighted by Gasteiger charge is -2.21. The highest BCUT2D eigenvalue weighted by atomic mass is 16.6. The zero-order chi connectivity index (χ0) is 12.2. The van der Waals surface area contributed by atoms with E-state index in [1.54, 1.807) is 6.08 Å². The summed E-state index contributed by atoms with van der Waals surface area (Å²) < 4.78 is 5.23. The van der Waals surface area contributed by atoms with E-state index in [0.29, 0.717) is 12.0 Å². The maximum absolute atomic E-state index is 11.5. The van der Waals surface area contributed by atoms with Crippen molar-refractivity contribution in [1.82, 2.24) is 0 Å². The van der Waals surface area contributed by atoms with Crippen molar-refractivity contribution in [3.8, 4) is 0 Å². The molecule has 0 aromatic heterocycles. The van der Waals surface area contributed by atoms with Gasteiger partial charge in [-0.2, -0.15) is 0 Å². The van der Waals surface area contributed by atoms with Gasteiger partial charge < -0.3 is 4.74 Å². The Labute approximate surface area is 96.2 Å². The van der Waals surface area contributed by atoms with Crippen molar-refractivity contribution >= 4 is 12.3 Å². The molecule has 88 valence electrons. The summed E-state index contributed by atoms with van der Waals surface area (Å²) >= 11 is 0. The van der Waals surface area contributed by atoms with E-state index in [4.69, 9.17) is 4.74 Å². The van der Waals surface area contributed by atoms with Crippen molar-refractivity contribution < 1.29 is 14.3 Å². The molecule has 3 heteroatoms. The van der Waals surface area contributed by atoms with Gasteiger partial charge in [0.05, 0.1) is 6.42 Å². The van der Waals surface area contributed by atoms with Crippen LogP contribution in [0.2, 0.25) is 0 Å². The largest absolute Gasteiger partial charge is 0.460 e. The molecular formula is C13H18O3. The number of hydrogen-bond acceptors (Lipinski definition) is 3. The van der Waals surface area contributed by atoms with Crippen LogP contribution < -0.4 is 0 Å². The summed E-state index contributed by atoms with van der Waals surface area (Å²) in [7, 11) is 0. The minimum Gasteiger partial charge on any atom is -0.460 e. The molecule has 0 radical (unpaired) electrons. The molecule has 0 heterocycles. The van der Waals surface area contributed by atoms with Gasteiger partial charge in [0.1, 0.15) is 11.9 Å². The third kappa shape index (κ3) is 4.43. The zero-order valence-corrected chi connectivity index (χ0v) is 10.0. The summed E-state index contributed by atoms with van der Waals surface area (Å²) in [6.07, 6.45) is 7.42. The van der Waals surface area contributed by atoms with Crippen LogP contribution in [-0.2, 0) is 14.3 Å². The molecular weight excluding hydrogens is 204 g/mol. The van der Waals surface area contributed by atoms with Crippen molar-refractivity contribution in [1.29, 1.82) is 0 Å². The topological polar surface area (TPSA) is 43.4 Å². The van der Waals surface area contributed by atoms with Gasteiger partial charge in [-0.1, -0.05) is 18.2 Å². The Morgan fingerprint density at radius 2 is 2.25 bits per heavy atom. The quantitative estimate of drug-likeness (QED) is 0.544. The van der Waals surface area contributed by atoms with Crippen LogP contribution in [-0.4, -0.2) is 17.9 Å². The molecule has 0 saturated heterocycles. The third-order valence-corrected chi connectivity index (χ3v) is 2.20. The molecule has 1 aliphatic carbocycles. The number of allylic oxidation sites excluding steroid dienone is 4. The molecule has 1 unspecified atom stereocenters. The first-order chi connectivity index (χ1) is 7.40. The van der Waals surface area contributed by atoms with E-state index < -0.39 is 5.60 Å². The van der Waals surface area contributed by atoms with E-state index in [2.05, 4.69) is 0 Å². The van der Waals surface area contributed by atoms with Gasteiger partial charge in [-0.3, -0.25) is 9.59 Å². The standard InChI is InChI=1S/C13H18O3/c1-13(2,3)16-12(15)8-10-4-6-11(9-14)7-5-10/h4,6-7,9-10H,5,8H2,1-3H3. The molecule has 1 rings (SSSR count). The summed E-state index contributed by atoms with van der Waals surface area (Å²) in [5, 5.41) is 0. The highest BCUT2D eigenvalue weighted by Crippen LogP contribution is 2.20. The summed E-state index contributed by atoms with van der Waals surface area (Å²) in [5.41, 5.74) is 0.250. The molecule has 0 aromatic rings. The number of carbonyl (C=O) groups is 2. The molecule has 16 heavy (non-hydrogen) atoms. The van der Waals surface area contributed by atoms with E-state index in [9.17, 15) is 9.59 Å². The van der Waals surface area contributed by atoms with Crippen molar-refractivity contribution in [3.05, 3.63) is 23.8 Å². The number of rotatable bonds is 3. The molecule has 0 aliphatic heterocycles. The van der Waals surface area contributed by atoms with Gasteiger partial charge in [-0.15, -0.1) is 0 Å². The van der Waals surface area contributed by atoms with E-state index in [-0.39, 0.29) is 11.9 Å². The summed E-state index contributed by atoms with van der Waals surface area (Å²) in [6, 6.07) is 0. The molecule has 0 amide bonds. The van der Waals surface area contributed by atoms with Crippen LogP contribution >= 0.6 is 0 Å². The number of carbonyl (C=O) groups excluding carboxylic acids is 2. The summed E-state index contributed by atoms with van der Waals surface area (Å²) in [6.45, 7) is 5.56. The third-order valence-electron chi connectivity index (χ3n) is 2.20. The van der Waals surface area contributed by atoms with E-state index in [1.165, 1.54) is 0 Å². The van der Waals surface area contributed by atoms with Gasteiger partial charge in [-0.25, -0.2) is 0 Å². The van der Waals surface area contributed by atoms with Gasteiger partial charge in [0, 0.05) is 5.57 Å². The second-order valence-corrected chi connectivity index (χ2v) is 4.97. The van der Waals surface area contributed by atoms with Crippen LogP contribution in [0.1, 0.15) is 33.6 Å². The van der Waals surface area contributed by atoms with Crippen LogP contribution in [0.25, 0.3) is 0 Å². The minimum absolute atomic E-state index is 0.151. The first kappa shape index (κ1) is 12.7. The smallest absolute Gasteiger partial charge is 0.306 e. The lowest BCUT2D eigenvalue weighted by molar-refractivity contribution is -0.155. The SMILES string of the molecule is CC(C)(C)OC(=O)CC1C=CC(C=O)=CC1. The van der Waals surface area contributed by atoms with Gasteiger partial charge >= 0.3 is 5.97 Å². The fourth-order valence-electron chi connectivity index (χ4n) is 1.52. The fourth-order valence-corrected chi connectivity index (χ4v) is 1.52. The van der Waals surface area contributed by atoms with E-state index in [1.807, 2.05) is 32.9 Å². The van der Waals surface area contributed by atoms with Gasteiger partial charge in [0.25, 0.3) is 0 Å². The highest BCUT2D eigenvalue weighted by Gasteiger charge is 2.19. The predicted molar refractivity (Wildman–Crippen MR) is 61.9 cm³/mol. The molecule has 0 aromatic carbocycles. The van der Waals surface area contributed by atoms with Crippen molar-refractivity contribution in [2.24, 2.45) is 5.92 Å². The first-order valence-corrected chi connectivity index (χ1v) is 5.46. The number of esters is 1. The van der Waals surface area contributed by atoms with Crippen LogP contribution in [0, 0.1) is 5.92 Å². The molecule has 0 bridgehead atoms. The van der Waals surface area contributed by atoms with Crippen LogP contribution in [0.3, 0.4) is 0 Å². The number of hydrogen-bond donors (Lipinski definition) is 0. The van der Waals surface area contributed by atoms with Gasteiger partial charge in [0.15, 0.2) is 0 Å². The zero-order valence-electron chi connectivity index (χ0n) is 10.0. The molecule has 0 spiro atoms. The highest BCUT2D eigenvalue weighted by molar-refractivity contribution is 5.78. The molecule has 0 saturated carbocycles. The Bertz CT molecular complexity index is 332. The van der Waals surface area contributed by atoms with Gasteiger partial charge in [0.2, 0.25) is 0 Å². The van der Waals surface area contributed by atoms with Crippen molar-refractivity contribution in [3.63, 3.8) is 0 Å². The first-order valence-electron chi connectivity index (χ1n) is 5.46. The maximum Gasteiger partial charge on any atom is 0.306 e. The Balaban J connectivity index is 2.41. The lowest BCUT2D eigenvalue weighted by Crippen LogP contribution is -2.25. The number of ether oxygens (including phenoxy) is 1. The predicted octanol–water partition coefficient (Wildman–Crippen LogP) is 2.42. The normalized spacial score (nSPS) is 20.2. The lowest BCUT2D eigenvalue weighted by atomic mass is 9.94. The molecule has 0 fully saturated rings. The maximum atomic E-state index is 11.5. The fraction of sp³-hybridized carbons (Fsp3) is 0.538. The minimum atomic E-state index is -0.431. The summed E-state index contributed by atoms with van der Waals surface area (Å²) in [5.74, 6) is -0.0383. The average molecular weight is 222 g/mol. The Hall–Kier alpha value is -1.38. The second kappa shape index (κ2) is 5.10. The van der Waals surface area contributed by atoms with E-state index in [0.717, 1.165) is 12.7 Å². The Morgan fingerprint density at radius 3 is 2.69 bits per heavy atom. The summed E-state index contributed by atoms with van der Waals surface area (Å²) in [4.78, 5) is 22.0. The molecule has 1 aliphatic rings. The van der Waals surface area contributed by atoms with Crippen molar-refractivity contribution in [2.45, 2.75) is 39.2 Å². The van der Waals surface area contributed by atoms with Crippen LogP contribution in [0.15, 0.2) is 23.8 Å². The molecule has 3 nitrogen and oxygen atoms in total. The Kier molecular flexibility index (Phi) is 4.05. The number of aldehydes is 1. The Morgan fingerprint density at radius 1 is 1.56 bits per heavy atom. The van der Waals surface area contributed by atoms with Crippen LogP contribution in [0.4, 0.5) is 0 Å².